The van der Waals surface area contributed by atoms with Gasteiger partial charge in [-0.25, -0.2) is 8.42 Å². The molecule has 0 radical (unpaired) electrons. The molecule has 3 nitrogen and oxygen atoms in total. The van der Waals surface area contributed by atoms with E-state index in [0.29, 0.717) is 4.47 Å². The molecular weight excluding hydrogens is 409 g/mol. The molecule has 0 aliphatic heterocycles. The number of rotatable bonds is 4. The van der Waals surface area contributed by atoms with Crippen molar-refractivity contribution in [2.75, 3.05) is 7.05 Å². The molecule has 1 atom stereocenters. The molecule has 0 heterocycles. The summed E-state index contributed by atoms with van der Waals surface area (Å²) in [6.45, 7) is 1.81. The molecule has 0 N–H and O–H groups in total. The molecule has 0 saturated heterocycles. The number of hydrogen-bond donors (Lipinski definition) is 0. The van der Waals surface area contributed by atoms with E-state index < -0.39 is 10.0 Å². The Kier molecular flexibility index (Phi) is 5.56. The molecule has 0 spiro atoms. The van der Waals surface area contributed by atoms with E-state index in [1.165, 1.54) is 23.5 Å². The zero-order valence-electron chi connectivity index (χ0n) is 11.9. The summed E-state index contributed by atoms with van der Waals surface area (Å²) in [6.07, 6.45) is 0. The summed E-state index contributed by atoms with van der Waals surface area (Å²) in [5.74, 6) is 0. The zero-order valence-corrected chi connectivity index (χ0v) is 15.8. The number of sulfonamides is 1. The van der Waals surface area contributed by atoms with Crippen molar-refractivity contribution in [3.63, 3.8) is 0 Å². The highest BCUT2D eigenvalue weighted by Gasteiger charge is 2.30. The first-order valence-corrected chi connectivity index (χ1v) is 9.41. The third kappa shape index (κ3) is 3.49. The van der Waals surface area contributed by atoms with Gasteiger partial charge in [-0.1, -0.05) is 69.5 Å². The molecule has 22 heavy (non-hydrogen) atoms. The molecule has 0 amide bonds. The average Bonchev–Trinajstić information content (AvgIpc) is 2.45. The molecule has 2 aromatic rings. The first-order chi connectivity index (χ1) is 10.2. The summed E-state index contributed by atoms with van der Waals surface area (Å²) in [4.78, 5) is -0.0793. The Morgan fingerprint density at radius 1 is 1.09 bits per heavy atom. The average molecular weight is 423 g/mol. The molecule has 0 bridgehead atoms. The van der Waals surface area contributed by atoms with Crippen LogP contribution in [0.5, 0.6) is 0 Å². The van der Waals surface area contributed by atoms with Gasteiger partial charge in [-0.15, -0.1) is 0 Å². The highest BCUT2D eigenvalue weighted by atomic mass is 79.9. The molecule has 0 fully saturated rings. The van der Waals surface area contributed by atoms with Crippen LogP contribution in [0.2, 0.25) is 10.0 Å². The Morgan fingerprint density at radius 3 is 2.09 bits per heavy atom. The van der Waals surface area contributed by atoms with Crippen LogP contribution in [0.25, 0.3) is 0 Å². The monoisotopic (exact) mass is 421 g/mol. The van der Waals surface area contributed by atoms with E-state index in [1.54, 1.807) is 0 Å². The van der Waals surface area contributed by atoms with Gasteiger partial charge in [0, 0.05) is 17.6 Å². The summed E-state index contributed by atoms with van der Waals surface area (Å²) in [6, 6.07) is 12.1. The molecular formula is C15H14BrCl2NO2S. The lowest BCUT2D eigenvalue weighted by atomic mass is 10.1. The van der Waals surface area contributed by atoms with E-state index in [0.717, 1.165) is 5.56 Å². The summed E-state index contributed by atoms with van der Waals surface area (Å²) in [5, 5.41) is 0.179. The topological polar surface area (TPSA) is 37.4 Å². The van der Waals surface area contributed by atoms with E-state index in [2.05, 4.69) is 15.9 Å². The fraction of sp³-hybridized carbons (Fsp3) is 0.200. The van der Waals surface area contributed by atoms with Gasteiger partial charge in [-0.2, -0.15) is 4.31 Å². The van der Waals surface area contributed by atoms with E-state index in [9.17, 15) is 8.42 Å². The van der Waals surface area contributed by atoms with Crippen LogP contribution >= 0.6 is 39.1 Å². The Balaban J connectivity index is 2.47. The maximum absolute atomic E-state index is 12.8. The van der Waals surface area contributed by atoms with Crippen molar-refractivity contribution in [2.24, 2.45) is 0 Å². The van der Waals surface area contributed by atoms with Gasteiger partial charge in [0.2, 0.25) is 10.0 Å². The minimum atomic E-state index is -3.82. The van der Waals surface area contributed by atoms with Crippen LogP contribution in [0.1, 0.15) is 18.5 Å². The first kappa shape index (κ1) is 17.8. The van der Waals surface area contributed by atoms with Crippen LogP contribution in [0, 0.1) is 0 Å². The van der Waals surface area contributed by atoms with E-state index in [4.69, 9.17) is 23.2 Å². The zero-order chi connectivity index (χ0) is 16.5. The highest BCUT2D eigenvalue weighted by molar-refractivity contribution is 9.10. The van der Waals surface area contributed by atoms with Crippen LogP contribution in [0.3, 0.4) is 0 Å². The minimum Gasteiger partial charge on any atom is -0.207 e. The summed E-state index contributed by atoms with van der Waals surface area (Å²) < 4.78 is 27.6. The third-order valence-corrected chi connectivity index (χ3v) is 6.74. The normalized spacial score (nSPS) is 13.4. The number of halogens is 3. The second-order valence-corrected chi connectivity index (χ2v) is 8.47. The summed E-state index contributed by atoms with van der Waals surface area (Å²) in [7, 11) is -2.30. The first-order valence-electron chi connectivity index (χ1n) is 6.42. The Labute approximate surface area is 149 Å². The molecule has 0 saturated carbocycles. The van der Waals surface area contributed by atoms with E-state index in [1.807, 2.05) is 37.3 Å². The van der Waals surface area contributed by atoms with Crippen molar-refractivity contribution in [3.05, 3.63) is 62.5 Å². The largest absolute Gasteiger partial charge is 0.246 e. The van der Waals surface area contributed by atoms with Crippen molar-refractivity contribution in [1.29, 1.82) is 0 Å². The second kappa shape index (κ2) is 6.89. The van der Waals surface area contributed by atoms with Gasteiger partial charge >= 0.3 is 0 Å². The van der Waals surface area contributed by atoms with E-state index >= 15 is 0 Å². The molecule has 7 heteroatoms. The molecule has 0 aliphatic rings. The minimum absolute atomic E-state index is 0.0793. The molecule has 0 aromatic heterocycles. The molecule has 1 unspecified atom stereocenters. The number of benzene rings is 2. The van der Waals surface area contributed by atoms with Crippen molar-refractivity contribution in [1.82, 2.24) is 4.31 Å². The maximum Gasteiger partial charge on any atom is 0.246 e. The SMILES string of the molecule is CC(c1ccccc1)N(C)S(=O)(=O)c1c(Cl)cc(Br)cc1Cl. The fourth-order valence-corrected chi connectivity index (χ4v) is 5.30. The fourth-order valence-electron chi connectivity index (χ4n) is 2.07. The summed E-state index contributed by atoms with van der Waals surface area (Å²) in [5.41, 5.74) is 0.887. The predicted octanol–water partition coefficient (Wildman–Crippen LogP) is 5.14. The predicted molar refractivity (Wildman–Crippen MR) is 94.0 cm³/mol. The van der Waals surface area contributed by atoms with Crippen molar-refractivity contribution >= 4 is 49.2 Å². The van der Waals surface area contributed by atoms with Crippen molar-refractivity contribution in [3.8, 4) is 0 Å². The molecule has 2 aromatic carbocycles. The van der Waals surface area contributed by atoms with Gasteiger partial charge in [0.25, 0.3) is 0 Å². The van der Waals surface area contributed by atoms with Gasteiger partial charge in [0.05, 0.1) is 10.0 Å². The molecule has 118 valence electrons. The van der Waals surface area contributed by atoms with Crippen LogP contribution in [-0.2, 0) is 10.0 Å². The Bertz CT molecular complexity index is 758. The Hall–Kier alpha value is -0.590. The highest BCUT2D eigenvalue weighted by Crippen LogP contribution is 2.36. The van der Waals surface area contributed by atoms with Gasteiger partial charge in [0.15, 0.2) is 0 Å². The maximum atomic E-state index is 12.8. The number of nitrogens with zero attached hydrogens (tertiary/aromatic N) is 1. The van der Waals surface area contributed by atoms with Gasteiger partial charge < -0.3 is 0 Å². The lowest BCUT2D eigenvalue weighted by Gasteiger charge is -2.25. The van der Waals surface area contributed by atoms with Crippen molar-refractivity contribution < 1.29 is 8.42 Å². The lowest BCUT2D eigenvalue weighted by Crippen LogP contribution is -2.30. The standard InChI is InChI=1S/C15H14BrCl2NO2S/c1-10(11-6-4-3-5-7-11)19(2)22(20,21)15-13(17)8-12(16)9-14(15)18/h3-10H,1-2H3. The molecule has 0 aliphatic carbocycles. The van der Waals surface area contributed by atoms with E-state index in [-0.39, 0.29) is 21.0 Å². The molecule has 2 rings (SSSR count). The van der Waals surface area contributed by atoms with Gasteiger partial charge in [-0.05, 0) is 24.6 Å². The third-order valence-electron chi connectivity index (χ3n) is 3.43. The van der Waals surface area contributed by atoms with Gasteiger partial charge in [0.1, 0.15) is 4.90 Å². The van der Waals surface area contributed by atoms with Crippen LogP contribution in [0.15, 0.2) is 51.8 Å². The van der Waals surface area contributed by atoms with Crippen molar-refractivity contribution in [2.45, 2.75) is 17.9 Å². The summed E-state index contributed by atoms with van der Waals surface area (Å²) >= 11 is 15.4. The quantitative estimate of drug-likeness (QED) is 0.684. The van der Waals surface area contributed by atoms with Crippen LogP contribution < -0.4 is 0 Å². The van der Waals surface area contributed by atoms with Crippen LogP contribution in [0.4, 0.5) is 0 Å². The smallest absolute Gasteiger partial charge is 0.207 e. The van der Waals surface area contributed by atoms with Gasteiger partial charge in [-0.3, -0.25) is 0 Å². The number of hydrogen-bond acceptors (Lipinski definition) is 2. The second-order valence-electron chi connectivity index (χ2n) is 4.81. The lowest BCUT2D eigenvalue weighted by molar-refractivity contribution is 0.398. The van der Waals surface area contributed by atoms with Crippen LogP contribution in [-0.4, -0.2) is 19.8 Å². The Morgan fingerprint density at radius 2 is 1.59 bits per heavy atom.